The first-order valence-electron chi connectivity index (χ1n) is 8.60. The van der Waals surface area contributed by atoms with Gasteiger partial charge in [0.2, 0.25) is 0 Å². The van der Waals surface area contributed by atoms with E-state index in [1.165, 1.54) is 0 Å². The molecule has 0 heterocycles. The Labute approximate surface area is 144 Å². The molecule has 0 radical (unpaired) electrons. The number of hydrogen-bond donors (Lipinski definition) is 2. The average Bonchev–Trinajstić information content (AvgIpc) is 3.35. The van der Waals surface area contributed by atoms with Gasteiger partial charge in [-0.05, 0) is 58.1 Å². The Morgan fingerprint density at radius 1 is 1.25 bits per heavy atom. The summed E-state index contributed by atoms with van der Waals surface area (Å²) in [6.07, 6.45) is 2.42. The summed E-state index contributed by atoms with van der Waals surface area (Å²) in [7, 11) is 0. The number of hydrogen-bond acceptors (Lipinski definition) is 4. The fourth-order valence-corrected chi connectivity index (χ4v) is 2.85. The zero-order valence-corrected chi connectivity index (χ0v) is 14.9. The predicted molar refractivity (Wildman–Crippen MR) is 93.0 cm³/mol. The van der Waals surface area contributed by atoms with Crippen LogP contribution in [0.3, 0.4) is 0 Å². The summed E-state index contributed by atoms with van der Waals surface area (Å²) in [5.74, 6) is 1.25. The van der Waals surface area contributed by atoms with Crippen molar-refractivity contribution in [3.8, 4) is 5.75 Å². The molecule has 1 aromatic rings. The molecule has 2 rings (SSSR count). The smallest absolute Gasteiger partial charge is 0.407 e. The quantitative estimate of drug-likeness (QED) is 0.764. The van der Waals surface area contributed by atoms with Crippen molar-refractivity contribution in [1.29, 1.82) is 0 Å². The van der Waals surface area contributed by atoms with Crippen LogP contribution in [-0.2, 0) is 4.74 Å². The van der Waals surface area contributed by atoms with Gasteiger partial charge in [-0.25, -0.2) is 4.79 Å². The van der Waals surface area contributed by atoms with Gasteiger partial charge in [-0.15, -0.1) is 0 Å². The first-order chi connectivity index (χ1) is 11.3. The Bertz CT molecular complexity index is 522. The summed E-state index contributed by atoms with van der Waals surface area (Å²) >= 11 is 0. The molecule has 0 aliphatic heterocycles. The standard InChI is InChI=1S/C19H29NO4/c1-18(2,3)24-17(22)20-13-19(14-21,15-9-10-15)11-12-23-16-7-5-4-6-8-16/h4-8,15,21H,9-14H2,1-3H3,(H,20,22). The summed E-state index contributed by atoms with van der Waals surface area (Å²) in [5.41, 5.74) is -0.867. The van der Waals surface area contributed by atoms with Gasteiger partial charge in [0.05, 0.1) is 13.2 Å². The Hall–Kier alpha value is -1.75. The van der Waals surface area contributed by atoms with Gasteiger partial charge in [-0.2, -0.15) is 0 Å². The summed E-state index contributed by atoms with van der Waals surface area (Å²) in [5, 5.41) is 12.8. The fraction of sp³-hybridized carbons (Fsp3) is 0.632. The average molecular weight is 335 g/mol. The topological polar surface area (TPSA) is 67.8 Å². The van der Waals surface area contributed by atoms with Gasteiger partial charge in [0, 0.05) is 12.0 Å². The number of carbonyl (C=O) groups excluding carboxylic acids is 1. The van der Waals surface area contributed by atoms with Gasteiger partial charge in [0.25, 0.3) is 0 Å². The molecule has 1 aliphatic carbocycles. The first kappa shape index (κ1) is 18.6. The van der Waals surface area contributed by atoms with E-state index in [9.17, 15) is 9.90 Å². The third kappa shape index (κ3) is 5.71. The van der Waals surface area contributed by atoms with E-state index in [4.69, 9.17) is 9.47 Å². The fourth-order valence-electron chi connectivity index (χ4n) is 2.85. The lowest BCUT2D eigenvalue weighted by Crippen LogP contribution is -2.44. The Morgan fingerprint density at radius 3 is 2.46 bits per heavy atom. The number of para-hydroxylation sites is 1. The van der Waals surface area contributed by atoms with Crippen molar-refractivity contribution in [1.82, 2.24) is 5.32 Å². The number of rotatable bonds is 8. The third-order valence-electron chi connectivity index (χ3n) is 4.35. The second-order valence-electron chi connectivity index (χ2n) is 7.56. The molecule has 0 spiro atoms. The number of carbonyl (C=O) groups is 1. The largest absolute Gasteiger partial charge is 0.494 e. The van der Waals surface area contributed by atoms with Crippen molar-refractivity contribution in [3.63, 3.8) is 0 Å². The van der Waals surface area contributed by atoms with E-state index < -0.39 is 11.7 Å². The summed E-state index contributed by atoms with van der Waals surface area (Å²) in [6, 6.07) is 9.63. The van der Waals surface area contributed by atoms with Crippen molar-refractivity contribution < 1.29 is 19.4 Å². The first-order valence-corrected chi connectivity index (χ1v) is 8.60. The van der Waals surface area contributed by atoms with Crippen LogP contribution in [0.2, 0.25) is 0 Å². The van der Waals surface area contributed by atoms with Gasteiger partial charge in [-0.3, -0.25) is 0 Å². The van der Waals surface area contributed by atoms with E-state index in [1.807, 2.05) is 51.1 Å². The van der Waals surface area contributed by atoms with Crippen LogP contribution in [-0.4, -0.2) is 36.6 Å². The van der Waals surface area contributed by atoms with E-state index >= 15 is 0 Å². The maximum Gasteiger partial charge on any atom is 0.407 e. The van der Waals surface area contributed by atoms with Crippen molar-refractivity contribution >= 4 is 6.09 Å². The van der Waals surface area contributed by atoms with Crippen LogP contribution < -0.4 is 10.1 Å². The normalized spacial score (nSPS) is 17.0. The van der Waals surface area contributed by atoms with Gasteiger partial charge in [0.1, 0.15) is 11.4 Å². The number of aliphatic hydroxyl groups excluding tert-OH is 1. The van der Waals surface area contributed by atoms with E-state index in [0.717, 1.165) is 18.6 Å². The van der Waals surface area contributed by atoms with Crippen molar-refractivity contribution in [2.75, 3.05) is 19.8 Å². The van der Waals surface area contributed by atoms with Gasteiger partial charge >= 0.3 is 6.09 Å². The van der Waals surface area contributed by atoms with Gasteiger partial charge in [0.15, 0.2) is 0 Å². The van der Waals surface area contributed by atoms with Gasteiger partial charge in [-0.1, -0.05) is 18.2 Å². The van der Waals surface area contributed by atoms with E-state index in [0.29, 0.717) is 25.5 Å². The monoisotopic (exact) mass is 335 g/mol. The number of nitrogens with one attached hydrogen (secondary N) is 1. The zero-order chi connectivity index (χ0) is 17.6. The molecule has 24 heavy (non-hydrogen) atoms. The summed E-state index contributed by atoms with van der Waals surface area (Å²) < 4.78 is 11.1. The highest BCUT2D eigenvalue weighted by atomic mass is 16.6. The highest BCUT2D eigenvalue weighted by Crippen LogP contribution is 2.47. The minimum Gasteiger partial charge on any atom is -0.494 e. The molecule has 1 aromatic carbocycles. The molecule has 1 atom stereocenters. The predicted octanol–water partition coefficient (Wildman–Crippen LogP) is 3.37. The molecule has 2 N–H and O–H groups in total. The molecule has 1 saturated carbocycles. The van der Waals surface area contributed by atoms with Crippen LogP contribution in [0.4, 0.5) is 4.79 Å². The molecule has 5 nitrogen and oxygen atoms in total. The second-order valence-corrected chi connectivity index (χ2v) is 7.56. The SMILES string of the molecule is CC(C)(C)OC(=O)NCC(CO)(CCOc1ccccc1)C1CC1. The van der Waals surface area contributed by atoms with Crippen molar-refractivity contribution in [3.05, 3.63) is 30.3 Å². The second kappa shape index (κ2) is 7.88. The summed E-state index contributed by atoms with van der Waals surface area (Å²) in [4.78, 5) is 11.9. The van der Waals surface area contributed by atoms with Crippen LogP contribution in [0.25, 0.3) is 0 Å². The minimum absolute atomic E-state index is 0.0333. The Balaban J connectivity index is 1.88. The number of aliphatic hydroxyl groups is 1. The lowest BCUT2D eigenvalue weighted by atomic mass is 9.80. The van der Waals surface area contributed by atoms with Crippen LogP contribution >= 0.6 is 0 Å². The Kier molecular flexibility index (Phi) is 6.10. The number of alkyl carbamates (subject to hydrolysis) is 1. The highest BCUT2D eigenvalue weighted by Gasteiger charge is 2.45. The lowest BCUT2D eigenvalue weighted by Gasteiger charge is -2.32. The van der Waals surface area contributed by atoms with Crippen LogP contribution in [0.15, 0.2) is 30.3 Å². The molecule has 1 amide bonds. The molecule has 1 unspecified atom stereocenters. The molecule has 1 aliphatic rings. The highest BCUT2D eigenvalue weighted by molar-refractivity contribution is 5.67. The third-order valence-corrected chi connectivity index (χ3v) is 4.35. The molecular formula is C19H29NO4. The molecule has 134 valence electrons. The van der Waals surface area contributed by atoms with Gasteiger partial charge < -0.3 is 19.9 Å². The molecule has 0 bridgehead atoms. The van der Waals surface area contributed by atoms with E-state index in [-0.39, 0.29) is 12.0 Å². The van der Waals surface area contributed by atoms with E-state index in [2.05, 4.69) is 5.32 Å². The molecular weight excluding hydrogens is 306 g/mol. The summed E-state index contributed by atoms with van der Waals surface area (Å²) in [6.45, 7) is 6.45. The lowest BCUT2D eigenvalue weighted by molar-refractivity contribution is 0.0393. The van der Waals surface area contributed by atoms with Crippen molar-refractivity contribution in [2.45, 2.75) is 45.6 Å². The molecule has 5 heteroatoms. The zero-order valence-electron chi connectivity index (χ0n) is 14.9. The van der Waals surface area contributed by atoms with Crippen LogP contribution in [0, 0.1) is 11.3 Å². The van der Waals surface area contributed by atoms with Crippen LogP contribution in [0.5, 0.6) is 5.75 Å². The number of amides is 1. The molecule has 1 fully saturated rings. The minimum atomic E-state index is -0.526. The number of benzene rings is 1. The Morgan fingerprint density at radius 2 is 1.92 bits per heavy atom. The maximum absolute atomic E-state index is 11.9. The molecule has 0 aromatic heterocycles. The maximum atomic E-state index is 11.9. The number of ether oxygens (including phenoxy) is 2. The van der Waals surface area contributed by atoms with E-state index in [1.54, 1.807) is 0 Å². The van der Waals surface area contributed by atoms with Crippen LogP contribution in [0.1, 0.15) is 40.0 Å². The molecule has 0 saturated heterocycles. The van der Waals surface area contributed by atoms with Crippen molar-refractivity contribution in [2.24, 2.45) is 11.3 Å².